The summed E-state index contributed by atoms with van der Waals surface area (Å²) in [4.78, 5) is 12.7. The van der Waals surface area contributed by atoms with E-state index in [9.17, 15) is 10.1 Å². The van der Waals surface area contributed by atoms with E-state index in [1.165, 1.54) is 0 Å². The number of nitrogens with one attached hydrogen (secondary N) is 1. The average molecular weight is 255 g/mol. The first-order valence-electron chi connectivity index (χ1n) is 6.07. The van der Waals surface area contributed by atoms with Crippen molar-refractivity contribution in [3.05, 3.63) is 15.8 Å². The summed E-state index contributed by atoms with van der Waals surface area (Å²) in [6.45, 7) is 5.84. The van der Waals surface area contributed by atoms with E-state index in [0.717, 1.165) is 13.0 Å². The topological polar surface area (TPSA) is 76.2 Å². The van der Waals surface area contributed by atoms with Gasteiger partial charge in [-0.25, -0.2) is 4.68 Å². The monoisotopic (exact) mass is 255 g/mol. The summed E-state index contributed by atoms with van der Waals surface area (Å²) >= 11 is 0. The van der Waals surface area contributed by atoms with Crippen LogP contribution in [-0.4, -0.2) is 46.8 Å². The van der Waals surface area contributed by atoms with Crippen LogP contribution in [0.5, 0.6) is 0 Å². The molecule has 0 aromatic carbocycles. The fourth-order valence-electron chi connectivity index (χ4n) is 1.80. The van der Waals surface area contributed by atoms with E-state index in [0.29, 0.717) is 24.6 Å². The summed E-state index contributed by atoms with van der Waals surface area (Å²) in [6.07, 6.45) is 0.929. The maximum Gasteiger partial charge on any atom is 0.333 e. The van der Waals surface area contributed by atoms with Gasteiger partial charge in [0.25, 0.3) is 0 Å². The minimum absolute atomic E-state index is 0.0849. The lowest BCUT2D eigenvalue weighted by Crippen LogP contribution is -2.17. The van der Waals surface area contributed by atoms with Crippen LogP contribution < -0.4 is 5.32 Å². The SMILES string of the molecule is CCn1nc(C)c([N+](=O)[O-])c1NCCCN(C)C. The van der Waals surface area contributed by atoms with Gasteiger partial charge in [-0.2, -0.15) is 5.10 Å². The maximum atomic E-state index is 11.0. The molecule has 0 unspecified atom stereocenters. The highest BCUT2D eigenvalue weighted by atomic mass is 16.6. The van der Waals surface area contributed by atoms with E-state index in [1.807, 2.05) is 21.0 Å². The third-order valence-corrected chi connectivity index (χ3v) is 2.65. The van der Waals surface area contributed by atoms with Gasteiger partial charge >= 0.3 is 5.69 Å². The Kier molecular flexibility index (Phi) is 5.08. The van der Waals surface area contributed by atoms with Crippen LogP contribution in [0.3, 0.4) is 0 Å². The van der Waals surface area contributed by atoms with Crippen LogP contribution in [-0.2, 0) is 6.54 Å². The Morgan fingerprint density at radius 3 is 2.67 bits per heavy atom. The Morgan fingerprint density at radius 2 is 2.17 bits per heavy atom. The normalized spacial score (nSPS) is 10.9. The number of nitro groups is 1. The number of hydrogen-bond acceptors (Lipinski definition) is 5. The van der Waals surface area contributed by atoms with Crippen molar-refractivity contribution in [2.24, 2.45) is 0 Å². The third-order valence-electron chi connectivity index (χ3n) is 2.65. The first kappa shape index (κ1) is 14.4. The molecule has 1 N–H and O–H groups in total. The lowest BCUT2D eigenvalue weighted by atomic mass is 10.3. The fraction of sp³-hybridized carbons (Fsp3) is 0.727. The summed E-state index contributed by atoms with van der Waals surface area (Å²) in [5.74, 6) is 0.513. The number of hydrogen-bond donors (Lipinski definition) is 1. The van der Waals surface area contributed by atoms with Crippen molar-refractivity contribution >= 4 is 11.5 Å². The fourth-order valence-corrected chi connectivity index (χ4v) is 1.80. The number of rotatable bonds is 7. The van der Waals surface area contributed by atoms with E-state index in [1.54, 1.807) is 11.6 Å². The lowest BCUT2D eigenvalue weighted by molar-refractivity contribution is -0.384. The highest BCUT2D eigenvalue weighted by molar-refractivity contribution is 5.59. The molecule has 0 saturated heterocycles. The van der Waals surface area contributed by atoms with Crippen molar-refractivity contribution in [1.82, 2.24) is 14.7 Å². The summed E-state index contributed by atoms with van der Waals surface area (Å²) in [5, 5.41) is 18.3. The second-order valence-corrected chi connectivity index (χ2v) is 4.44. The van der Waals surface area contributed by atoms with Crippen molar-refractivity contribution in [3.8, 4) is 0 Å². The quantitative estimate of drug-likeness (QED) is 0.454. The molecule has 0 aliphatic carbocycles. The van der Waals surface area contributed by atoms with Gasteiger partial charge in [0, 0.05) is 13.1 Å². The van der Waals surface area contributed by atoms with Crippen molar-refractivity contribution in [1.29, 1.82) is 0 Å². The minimum Gasteiger partial charge on any atom is -0.364 e. The molecule has 0 spiro atoms. The first-order valence-corrected chi connectivity index (χ1v) is 6.07. The molecule has 7 heteroatoms. The van der Waals surface area contributed by atoms with E-state index in [4.69, 9.17) is 0 Å². The Hall–Kier alpha value is -1.63. The van der Waals surface area contributed by atoms with Gasteiger partial charge in [0.15, 0.2) is 0 Å². The molecule has 7 nitrogen and oxygen atoms in total. The minimum atomic E-state index is -0.372. The van der Waals surface area contributed by atoms with Crippen LogP contribution >= 0.6 is 0 Å². The molecule has 0 aliphatic heterocycles. The Bertz CT molecular complexity index is 414. The molecule has 0 amide bonds. The second-order valence-electron chi connectivity index (χ2n) is 4.44. The molecule has 1 heterocycles. The maximum absolute atomic E-state index is 11.0. The molecule has 1 aromatic rings. The van der Waals surface area contributed by atoms with Crippen LogP contribution in [0.25, 0.3) is 0 Å². The molecule has 0 fully saturated rings. The van der Waals surface area contributed by atoms with Gasteiger partial charge in [0.05, 0.1) is 4.92 Å². The van der Waals surface area contributed by atoms with E-state index >= 15 is 0 Å². The van der Waals surface area contributed by atoms with Crippen LogP contribution in [0, 0.1) is 17.0 Å². The van der Waals surface area contributed by atoms with Crippen molar-refractivity contribution in [2.45, 2.75) is 26.8 Å². The number of nitrogens with zero attached hydrogens (tertiary/aromatic N) is 4. The second kappa shape index (κ2) is 6.34. The van der Waals surface area contributed by atoms with E-state index in [2.05, 4.69) is 15.3 Å². The molecule has 0 saturated carbocycles. The zero-order chi connectivity index (χ0) is 13.7. The highest BCUT2D eigenvalue weighted by Crippen LogP contribution is 2.27. The predicted octanol–water partition coefficient (Wildman–Crippen LogP) is 1.48. The molecule has 0 aliphatic rings. The van der Waals surface area contributed by atoms with Crippen LogP contribution in [0.15, 0.2) is 0 Å². The van der Waals surface area contributed by atoms with Gasteiger partial charge < -0.3 is 10.2 Å². The van der Waals surface area contributed by atoms with Crippen molar-refractivity contribution in [2.75, 3.05) is 32.5 Å². The van der Waals surface area contributed by atoms with Crippen molar-refractivity contribution < 1.29 is 4.92 Å². The first-order chi connectivity index (χ1) is 8.47. The Balaban J connectivity index is 2.76. The molecule has 0 bridgehead atoms. The number of aromatic nitrogens is 2. The third kappa shape index (κ3) is 3.43. The molecule has 1 aromatic heterocycles. The number of aryl methyl sites for hydroxylation is 2. The van der Waals surface area contributed by atoms with Gasteiger partial charge in [-0.1, -0.05) is 0 Å². The van der Waals surface area contributed by atoms with Crippen LogP contribution in [0.4, 0.5) is 11.5 Å². The molecular formula is C11H21N5O2. The summed E-state index contributed by atoms with van der Waals surface area (Å²) < 4.78 is 1.64. The van der Waals surface area contributed by atoms with Crippen LogP contribution in [0.2, 0.25) is 0 Å². The molecule has 18 heavy (non-hydrogen) atoms. The zero-order valence-electron chi connectivity index (χ0n) is 11.4. The summed E-state index contributed by atoms with van der Waals surface area (Å²) in [6, 6.07) is 0. The predicted molar refractivity (Wildman–Crippen MR) is 71.0 cm³/mol. The van der Waals surface area contributed by atoms with Crippen molar-refractivity contribution in [3.63, 3.8) is 0 Å². The Labute approximate surface area is 107 Å². The smallest absolute Gasteiger partial charge is 0.333 e. The van der Waals surface area contributed by atoms with Gasteiger partial charge in [0.1, 0.15) is 5.69 Å². The molecule has 102 valence electrons. The van der Waals surface area contributed by atoms with E-state index in [-0.39, 0.29) is 10.6 Å². The number of anilines is 1. The summed E-state index contributed by atoms with van der Waals surface area (Å²) in [5.41, 5.74) is 0.540. The summed E-state index contributed by atoms with van der Waals surface area (Å²) in [7, 11) is 4.01. The zero-order valence-corrected chi connectivity index (χ0v) is 11.4. The molecule has 1 rings (SSSR count). The molecule has 0 atom stereocenters. The van der Waals surface area contributed by atoms with Gasteiger partial charge in [-0.05, 0) is 40.9 Å². The van der Waals surface area contributed by atoms with Crippen LogP contribution in [0.1, 0.15) is 19.0 Å². The molecule has 0 radical (unpaired) electrons. The highest BCUT2D eigenvalue weighted by Gasteiger charge is 2.24. The largest absolute Gasteiger partial charge is 0.364 e. The standard InChI is InChI=1S/C11H21N5O2/c1-5-15-11(12-7-6-8-14(3)4)10(16(17)18)9(2)13-15/h12H,5-8H2,1-4H3. The van der Waals surface area contributed by atoms with E-state index < -0.39 is 0 Å². The average Bonchev–Trinajstić information content (AvgIpc) is 2.60. The molecular weight excluding hydrogens is 234 g/mol. The van der Waals surface area contributed by atoms with Gasteiger partial charge in [0.2, 0.25) is 5.82 Å². The lowest BCUT2D eigenvalue weighted by Gasteiger charge is -2.10. The van der Waals surface area contributed by atoms with Gasteiger partial charge in [-0.3, -0.25) is 10.1 Å². The van der Waals surface area contributed by atoms with Gasteiger partial charge in [-0.15, -0.1) is 0 Å². The Morgan fingerprint density at radius 1 is 1.50 bits per heavy atom.